The number of rotatable bonds is 3. The molecule has 84 valence electrons. The first-order valence-corrected chi connectivity index (χ1v) is 5.09. The summed E-state index contributed by atoms with van der Waals surface area (Å²) in [5.74, 6) is -0.316. The number of phenols is 1. The summed E-state index contributed by atoms with van der Waals surface area (Å²) >= 11 is 0. The molecule has 0 aliphatic rings. The van der Waals surface area contributed by atoms with Crippen LogP contribution in [0.1, 0.15) is 10.4 Å². The smallest absolute Gasteiger partial charge is 0.225 e. The van der Waals surface area contributed by atoms with Gasteiger partial charge in [0.1, 0.15) is 5.75 Å². The minimum absolute atomic E-state index is 0.210. The maximum atomic E-state index is 11.1. The molecule has 3 nitrogen and oxygen atoms in total. The molecule has 0 bridgehead atoms. The lowest BCUT2D eigenvalue weighted by atomic mass is 10.0. The van der Waals surface area contributed by atoms with Crippen molar-refractivity contribution in [3.05, 3.63) is 54.1 Å². The molecule has 0 fully saturated rings. The van der Waals surface area contributed by atoms with Gasteiger partial charge in [0, 0.05) is 5.56 Å². The molecule has 0 atom stereocenters. The zero-order valence-electron chi connectivity index (χ0n) is 8.96. The van der Waals surface area contributed by atoms with E-state index in [1.165, 1.54) is 0 Å². The van der Waals surface area contributed by atoms with Gasteiger partial charge in [-0.1, -0.05) is 36.4 Å². The van der Waals surface area contributed by atoms with Gasteiger partial charge in [0.25, 0.3) is 0 Å². The Labute approximate surface area is 98.3 Å². The summed E-state index contributed by atoms with van der Waals surface area (Å²) in [5, 5.41) is 9.17. The summed E-state index contributed by atoms with van der Waals surface area (Å²) in [6.45, 7) is 0. The molecule has 17 heavy (non-hydrogen) atoms. The maximum absolute atomic E-state index is 11.1. The lowest BCUT2D eigenvalue weighted by Crippen LogP contribution is -1.98. The average molecular weight is 226 g/mol. The van der Waals surface area contributed by atoms with Crippen molar-refractivity contribution in [1.29, 1.82) is 0 Å². The van der Waals surface area contributed by atoms with Gasteiger partial charge in [-0.2, -0.15) is 0 Å². The molecular weight excluding hydrogens is 216 g/mol. The van der Waals surface area contributed by atoms with E-state index in [0.717, 1.165) is 11.1 Å². The van der Waals surface area contributed by atoms with Crippen molar-refractivity contribution in [3.8, 4) is 16.9 Å². The second-order valence-corrected chi connectivity index (χ2v) is 3.61. The fourth-order valence-corrected chi connectivity index (χ4v) is 1.55. The second-order valence-electron chi connectivity index (χ2n) is 3.61. The number of hydrogen-bond acceptors (Lipinski definition) is 3. The van der Waals surface area contributed by atoms with E-state index in [0.29, 0.717) is 11.8 Å². The van der Waals surface area contributed by atoms with Crippen molar-refractivity contribution in [2.24, 2.45) is 0 Å². The molecule has 0 amide bonds. The van der Waals surface area contributed by atoms with Crippen LogP contribution in [0, 0.1) is 0 Å². The van der Waals surface area contributed by atoms with Crippen LogP contribution in [0.2, 0.25) is 0 Å². The van der Waals surface area contributed by atoms with E-state index in [1.807, 2.05) is 0 Å². The molecule has 2 rings (SSSR count). The SMILES string of the molecule is O=CC(=O)c1ccc(-c2ccc(O)cc2)cc1. The third kappa shape index (κ3) is 2.39. The number of phenolic OH excluding ortho intramolecular Hbond substituents is 1. The van der Waals surface area contributed by atoms with E-state index < -0.39 is 5.78 Å². The van der Waals surface area contributed by atoms with Crippen molar-refractivity contribution in [3.63, 3.8) is 0 Å². The standard InChI is InChI=1S/C14H10O3/c15-9-14(17)12-3-1-10(2-4-12)11-5-7-13(16)8-6-11/h1-9,16H. The van der Waals surface area contributed by atoms with E-state index in [4.69, 9.17) is 5.11 Å². The normalized spacial score (nSPS) is 9.88. The summed E-state index contributed by atoms with van der Waals surface area (Å²) in [5.41, 5.74) is 2.24. The van der Waals surface area contributed by atoms with Crippen LogP contribution >= 0.6 is 0 Å². The predicted molar refractivity (Wildman–Crippen MR) is 63.9 cm³/mol. The van der Waals surface area contributed by atoms with Gasteiger partial charge < -0.3 is 5.11 Å². The Morgan fingerprint density at radius 2 is 1.35 bits per heavy atom. The fourth-order valence-electron chi connectivity index (χ4n) is 1.55. The predicted octanol–water partition coefficient (Wildman–Crippen LogP) is 2.44. The summed E-state index contributed by atoms with van der Waals surface area (Å²) in [6.07, 6.45) is 0.301. The second kappa shape index (κ2) is 4.61. The lowest BCUT2D eigenvalue weighted by molar-refractivity contribution is -0.104. The van der Waals surface area contributed by atoms with Crippen LogP contribution in [0.3, 0.4) is 0 Å². The van der Waals surface area contributed by atoms with Gasteiger partial charge in [-0.3, -0.25) is 9.59 Å². The molecule has 2 aromatic carbocycles. The molecule has 0 saturated heterocycles. The Hall–Kier alpha value is -2.42. The van der Waals surface area contributed by atoms with Crippen LogP contribution < -0.4 is 0 Å². The van der Waals surface area contributed by atoms with Gasteiger partial charge in [0.15, 0.2) is 6.29 Å². The van der Waals surface area contributed by atoms with Crippen LogP contribution in [0.15, 0.2) is 48.5 Å². The Balaban J connectivity index is 2.32. The van der Waals surface area contributed by atoms with Crippen LogP contribution in [0.5, 0.6) is 5.75 Å². The Bertz CT molecular complexity index is 539. The Kier molecular flexibility index (Phi) is 3.01. The van der Waals surface area contributed by atoms with Gasteiger partial charge >= 0.3 is 0 Å². The zero-order valence-corrected chi connectivity index (χ0v) is 8.96. The minimum atomic E-state index is -0.526. The molecule has 0 radical (unpaired) electrons. The summed E-state index contributed by atoms with van der Waals surface area (Å²) in [6, 6.07) is 13.5. The highest BCUT2D eigenvalue weighted by Gasteiger charge is 2.04. The number of Topliss-reactive ketones (excluding diaryl/α,β-unsaturated/α-hetero) is 1. The first-order valence-electron chi connectivity index (χ1n) is 5.09. The molecule has 3 heteroatoms. The molecule has 2 aromatic rings. The number of ketones is 1. The molecule has 0 spiro atoms. The lowest BCUT2D eigenvalue weighted by Gasteiger charge is -2.02. The highest BCUT2D eigenvalue weighted by molar-refractivity contribution is 6.33. The van der Waals surface area contributed by atoms with Crippen LogP contribution in [0.4, 0.5) is 0 Å². The quantitative estimate of drug-likeness (QED) is 0.497. The average Bonchev–Trinajstić information content (AvgIpc) is 2.39. The van der Waals surface area contributed by atoms with E-state index >= 15 is 0 Å². The van der Waals surface area contributed by atoms with Crippen molar-refractivity contribution >= 4 is 12.1 Å². The van der Waals surface area contributed by atoms with E-state index in [1.54, 1.807) is 48.5 Å². The van der Waals surface area contributed by atoms with E-state index in [-0.39, 0.29) is 5.75 Å². The van der Waals surface area contributed by atoms with Gasteiger partial charge in [0.05, 0.1) is 0 Å². The van der Waals surface area contributed by atoms with Crippen molar-refractivity contribution in [2.45, 2.75) is 0 Å². The number of benzene rings is 2. The number of carbonyl (C=O) groups is 2. The van der Waals surface area contributed by atoms with Gasteiger partial charge in [-0.15, -0.1) is 0 Å². The first-order chi connectivity index (χ1) is 8.20. The van der Waals surface area contributed by atoms with Crippen LogP contribution in [0.25, 0.3) is 11.1 Å². The summed E-state index contributed by atoms with van der Waals surface area (Å²) < 4.78 is 0. The monoisotopic (exact) mass is 226 g/mol. The van der Waals surface area contributed by atoms with Crippen molar-refractivity contribution in [2.75, 3.05) is 0 Å². The molecule has 1 N–H and O–H groups in total. The van der Waals surface area contributed by atoms with E-state index in [2.05, 4.69) is 0 Å². The van der Waals surface area contributed by atoms with Gasteiger partial charge in [0.2, 0.25) is 5.78 Å². The summed E-state index contributed by atoms with van der Waals surface area (Å²) in [4.78, 5) is 21.4. The maximum Gasteiger partial charge on any atom is 0.225 e. The summed E-state index contributed by atoms with van der Waals surface area (Å²) in [7, 11) is 0. The number of aldehydes is 1. The molecular formula is C14H10O3. The minimum Gasteiger partial charge on any atom is -0.508 e. The van der Waals surface area contributed by atoms with Crippen molar-refractivity contribution < 1.29 is 14.7 Å². The zero-order chi connectivity index (χ0) is 12.3. The molecule has 0 unspecified atom stereocenters. The molecule has 0 aliphatic heterocycles. The molecule has 0 aromatic heterocycles. The largest absolute Gasteiger partial charge is 0.508 e. The highest BCUT2D eigenvalue weighted by Crippen LogP contribution is 2.22. The third-order valence-corrected chi connectivity index (χ3v) is 2.48. The molecule has 0 aliphatic carbocycles. The Morgan fingerprint density at radius 3 is 1.82 bits per heavy atom. The van der Waals surface area contributed by atoms with Gasteiger partial charge in [-0.05, 0) is 23.3 Å². The van der Waals surface area contributed by atoms with Gasteiger partial charge in [-0.25, -0.2) is 0 Å². The van der Waals surface area contributed by atoms with E-state index in [9.17, 15) is 9.59 Å². The topological polar surface area (TPSA) is 54.4 Å². The fraction of sp³-hybridized carbons (Fsp3) is 0. The Morgan fingerprint density at radius 1 is 0.882 bits per heavy atom. The first kappa shape index (κ1) is 11.1. The third-order valence-electron chi connectivity index (χ3n) is 2.48. The van der Waals surface area contributed by atoms with Crippen LogP contribution in [-0.2, 0) is 4.79 Å². The van der Waals surface area contributed by atoms with Crippen LogP contribution in [-0.4, -0.2) is 17.2 Å². The van der Waals surface area contributed by atoms with Crippen molar-refractivity contribution in [1.82, 2.24) is 0 Å². The number of carbonyl (C=O) groups excluding carboxylic acids is 2. The molecule has 0 saturated carbocycles. The number of hydrogen-bond donors (Lipinski definition) is 1. The molecule has 0 heterocycles. The highest BCUT2D eigenvalue weighted by atomic mass is 16.3. The number of aromatic hydroxyl groups is 1.